The van der Waals surface area contributed by atoms with E-state index in [4.69, 9.17) is 0 Å². The van der Waals surface area contributed by atoms with Crippen LogP contribution in [-0.2, 0) is 17.8 Å². The van der Waals surface area contributed by atoms with Crippen molar-refractivity contribution in [3.05, 3.63) is 47.7 Å². The number of carbonyl (C=O) groups is 1. The van der Waals surface area contributed by atoms with Gasteiger partial charge in [-0.2, -0.15) is 5.10 Å². The Morgan fingerprint density at radius 1 is 1.40 bits per heavy atom. The lowest BCUT2D eigenvalue weighted by Crippen LogP contribution is -2.33. The Morgan fingerprint density at radius 2 is 2.20 bits per heavy atom. The number of rotatable bonds is 6. The molecular formula is C17H19F2N5O. The van der Waals surface area contributed by atoms with Gasteiger partial charge in [0, 0.05) is 23.7 Å². The summed E-state index contributed by atoms with van der Waals surface area (Å²) < 4.78 is 28.9. The van der Waals surface area contributed by atoms with E-state index in [1.54, 1.807) is 17.9 Å². The van der Waals surface area contributed by atoms with Crippen LogP contribution >= 0.6 is 0 Å². The molecule has 0 bridgehead atoms. The van der Waals surface area contributed by atoms with Crippen LogP contribution in [0.25, 0.3) is 10.9 Å². The number of aromatic amines is 1. The first-order valence-electron chi connectivity index (χ1n) is 8.02. The summed E-state index contributed by atoms with van der Waals surface area (Å²) in [4.78, 5) is 18.9. The summed E-state index contributed by atoms with van der Waals surface area (Å²) in [5, 5.41) is 7.34. The third-order valence-electron chi connectivity index (χ3n) is 4.19. The van der Waals surface area contributed by atoms with Crippen LogP contribution in [0, 0.1) is 24.5 Å². The summed E-state index contributed by atoms with van der Waals surface area (Å²) in [6.45, 7) is 4.43. The van der Waals surface area contributed by atoms with Crippen molar-refractivity contribution in [1.29, 1.82) is 0 Å². The zero-order valence-corrected chi connectivity index (χ0v) is 14.0. The molecular weight excluding hydrogens is 328 g/mol. The van der Waals surface area contributed by atoms with Gasteiger partial charge < -0.3 is 10.3 Å². The molecule has 8 heteroatoms. The van der Waals surface area contributed by atoms with Crippen molar-refractivity contribution in [2.75, 3.05) is 6.54 Å². The predicted octanol–water partition coefficient (Wildman–Crippen LogP) is 2.34. The van der Waals surface area contributed by atoms with Gasteiger partial charge in [-0.05, 0) is 25.0 Å². The fourth-order valence-corrected chi connectivity index (χ4v) is 2.90. The van der Waals surface area contributed by atoms with Crippen molar-refractivity contribution in [3.8, 4) is 0 Å². The topological polar surface area (TPSA) is 75.6 Å². The maximum atomic E-state index is 13.8. The van der Waals surface area contributed by atoms with Crippen LogP contribution in [0.5, 0.6) is 0 Å². The summed E-state index contributed by atoms with van der Waals surface area (Å²) in [5.74, 6) is -1.60. The van der Waals surface area contributed by atoms with Crippen LogP contribution in [0.1, 0.15) is 18.2 Å². The molecule has 2 heterocycles. The number of nitrogens with zero attached hydrogens (tertiary/aromatic N) is 3. The van der Waals surface area contributed by atoms with E-state index in [-0.39, 0.29) is 11.8 Å². The van der Waals surface area contributed by atoms with E-state index in [9.17, 15) is 13.6 Å². The van der Waals surface area contributed by atoms with Gasteiger partial charge in [0.1, 0.15) is 24.3 Å². The monoisotopic (exact) mass is 347 g/mol. The minimum Gasteiger partial charge on any atom is -0.356 e. The van der Waals surface area contributed by atoms with Gasteiger partial charge in [0.25, 0.3) is 0 Å². The molecule has 1 aromatic carbocycles. The van der Waals surface area contributed by atoms with Crippen LogP contribution in [0.15, 0.2) is 24.8 Å². The molecule has 3 rings (SSSR count). The van der Waals surface area contributed by atoms with Crippen LogP contribution in [0.4, 0.5) is 8.78 Å². The lowest BCUT2D eigenvalue weighted by molar-refractivity contribution is -0.124. The molecule has 2 aromatic heterocycles. The lowest BCUT2D eigenvalue weighted by Gasteiger charge is -2.12. The maximum absolute atomic E-state index is 13.8. The smallest absolute Gasteiger partial charge is 0.224 e. The van der Waals surface area contributed by atoms with Crippen molar-refractivity contribution in [1.82, 2.24) is 25.1 Å². The third-order valence-corrected chi connectivity index (χ3v) is 4.19. The molecule has 1 amide bonds. The molecule has 0 saturated carbocycles. The Labute approximate surface area is 143 Å². The normalized spacial score (nSPS) is 12.5. The number of hydrogen-bond donors (Lipinski definition) is 2. The minimum atomic E-state index is -0.616. The summed E-state index contributed by atoms with van der Waals surface area (Å²) in [6.07, 6.45) is 3.46. The molecule has 0 aliphatic rings. The Balaban J connectivity index is 1.63. The second kappa shape index (κ2) is 7.00. The fraction of sp³-hybridized carbons (Fsp3) is 0.353. The molecule has 132 valence electrons. The van der Waals surface area contributed by atoms with Gasteiger partial charge in [-0.15, -0.1) is 0 Å². The van der Waals surface area contributed by atoms with Crippen LogP contribution < -0.4 is 5.32 Å². The van der Waals surface area contributed by atoms with Gasteiger partial charge in [0.05, 0.1) is 18.0 Å². The van der Waals surface area contributed by atoms with Gasteiger partial charge in [-0.25, -0.2) is 13.8 Å². The zero-order chi connectivity index (χ0) is 18.0. The van der Waals surface area contributed by atoms with Gasteiger partial charge in [0.15, 0.2) is 0 Å². The maximum Gasteiger partial charge on any atom is 0.224 e. The first kappa shape index (κ1) is 17.1. The third kappa shape index (κ3) is 3.67. The SMILES string of the molecule is Cc1[nH]c2c(F)cc(F)cc2c1CCNC(=O)[C@H](C)Cn1cncn1. The molecule has 0 radical (unpaired) electrons. The van der Waals surface area contributed by atoms with E-state index in [2.05, 4.69) is 20.4 Å². The van der Waals surface area contributed by atoms with E-state index in [0.29, 0.717) is 30.4 Å². The number of hydrogen-bond acceptors (Lipinski definition) is 3. The molecule has 0 saturated heterocycles. The van der Waals surface area contributed by atoms with Crippen molar-refractivity contribution < 1.29 is 13.6 Å². The van der Waals surface area contributed by atoms with Crippen LogP contribution in [0.3, 0.4) is 0 Å². The van der Waals surface area contributed by atoms with Crippen molar-refractivity contribution in [2.24, 2.45) is 5.92 Å². The predicted molar refractivity (Wildman–Crippen MR) is 88.9 cm³/mol. The van der Waals surface area contributed by atoms with Crippen LogP contribution in [0.2, 0.25) is 0 Å². The molecule has 0 aliphatic carbocycles. The van der Waals surface area contributed by atoms with E-state index >= 15 is 0 Å². The average Bonchev–Trinajstić information content (AvgIpc) is 3.16. The second-order valence-electron chi connectivity index (χ2n) is 6.10. The van der Waals surface area contributed by atoms with E-state index in [0.717, 1.165) is 17.3 Å². The van der Waals surface area contributed by atoms with Gasteiger partial charge in [-0.3, -0.25) is 9.48 Å². The summed E-state index contributed by atoms with van der Waals surface area (Å²) in [7, 11) is 0. The Hall–Kier alpha value is -2.77. The number of halogens is 2. The van der Waals surface area contributed by atoms with Crippen molar-refractivity contribution in [2.45, 2.75) is 26.8 Å². The molecule has 0 aliphatic heterocycles. The number of carbonyl (C=O) groups excluding carboxylic acids is 1. The molecule has 0 spiro atoms. The van der Waals surface area contributed by atoms with Gasteiger partial charge >= 0.3 is 0 Å². The largest absolute Gasteiger partial charge is 0.356 e. The first-order chi connectivity index (χ1) is 12.0. The highest BCUT2D eigenvalue weighted by Crippen LogP contribution is 2.25. The molecule has 25 heavy (non-hydrogen) atoms. The lowest BCUT2D eigenvalue weighted by atomic mass is 10.1. The molecule has 2 N–H and O–H groups in total. The van der Waals surface area contributed by atoms with Gasteiger partial charge in [-0.1, -0.05) is 6.92 Å². The Kier molecular flexibility index (Phi) is 4.78. The number of benzene rings is 1. The highest BCUT2D eigenvalue weighted by molar-refractivity contribution is 5.85. The number of amides is 1. The van der Waals surface area contributed by atoms with E-state index in [1.807, 2.05) is 6.92 Å². The highest BCUT2D eigenvalue weighted by Gasteiger charge is 2.16. The molecule has 0 fully saturated rings. The zero-order valence-electron chi connectivity index (χ0n) is 14.0. The number of H-pyrrole nitrogens is 1. The molecule has 6 nitrogen and oxygen atoms in total. The number of nitrogens with one attached hydrogen (secondary N) is 2. The Morgan fingerprint density at radius 3 is 2.92 bits per heavy atom. The van der Waals surface area contributed by atoms with Crippen molar-refractivity contribution >= 4 is 16.8 Å². The van der Waals surface area contributed by atoms with Crippen molar-refractivity contribution in [3.63, 3.8) is 0 Å². The first-order valence-corrected chi connectivity index (χ1v) is 8.02. The quantitative estimate of drug-likeness (QED) is 0.719. The van der Waals surface area contributed by atoms with E-state index < -0.39 is 11.6 Å². The summed E-state index contributed by atoms with van der Waals surface area (Å²) >= 11 is 0. The molecule has 3 aromatic rings. The van der Waals surface area contributed by atoms with Gasteiger partial charge in [0.2, 0.25) is 5.91 Å². The number of fused-ring (bicyclic) bond motifs is 1. The fourth-order valence-electron chi connectivity index (χ4n) is 2.90. The minimum absolute atomic E-state index is 0.106. The Bertz CT molecular complexity index is 888. The van der Waals surface area contributed by atoms with E-state index in [1.165, 1.54) is 12.4 Å². The summed E-state index contributed by atoms with van der Waals surface area (Å²) in [5.41, 5.74) is 1.86. The highest BCUT2D eigenvalue weighted by atomic mass is 19.1. The second-order valence-corrected chi connectivity index (χ2v) is 6.10. The summed E-state index contributed by atoms with van der Waals surface area (Å²) in [6, 6.07) is 2.17. The number of aromatic nitrogens is 4. The standard InChI is InChI=1S/C17H19F2N5O/c1-10(7-24-9-20-8-22-24)17(25)21-4-3-13-11(2)23-16-14(13)5-12(18)6-15(16)19/h5-6,8-10,23H,3-4,7H2,1-2H3,(H,21,25)/t10-/m1/s1. The number of aryl methyl sites for hydroxylation is 1. The molecule has 1 atom stereocenters. The molecule has 0 unspecified atom stereocenters. The average molecular weight is 347 g/mol. The van der Waals surface area contributed by atoms with Crippen LogP contribution in [-0.4, -0.2) is 32.2 Å².